The van der Waals surface area contributed by atoms with Crippen LogP contribution in [0, 0.1) is 0 Å². The van der Waals surface area contributed by atoms with Gasteiger partial charge in [-0.2, -0.15) is 0 Å². The second-order valence-corrected chi connectivity index (χ2v) is 7.60. The van der Waals surface area contributed by atoms with Crippen LogP contribution in [0.2, 0.25) is 0 Å². The zero-order valence-electron chi connectivity index (χ0n) is 15.1. The molecule has 3 saturated heterocycles. The molecule has 0 aliphatic carbocycles. The van der Waals surface area contributed by atoms with Crippen LogP contribution < -0.4 is 5.32 Å². The van der Waals surface area contributed by atoms with Crippen LogP contribution in [0.1, 0.15) is 27.7 Å². The predicted molar refractivity (Wildman–Crippen MR) is 89.3 cm³/mol. The second-order valence-electron chi connectivity index (χ2n) is 7.60. The van der Waals surface area contributed by atoms with E-state index in [1.54, 1.807) is 45.9 Å². The van der Waals surface area contributed by atoms with Crippen molar-refractivity contribution >= 4 is 11.6 Å². The maximum absolute atomic E-state index is 12.8. The number of hydrogen-bond acceptors (Lipinski definition) is 7. The van der Waals surface area contributed by atoms with Crippen molar-refractivity contribution in [3.8, 4) is 5.75 Å². The molecule has 8 nitrogen and oxygen atoms in total. The number of rotatable bonds is 2. The molecular weight excluding hydrogens is 342 g/mol. The summed E-state index contributed by atoms with van der Waals surface area (Å²) in [4.78, 5) is 12.8. The molecule has 1 amide bonds. The molecule has 0 aromatic heterocycles. The zero-order valence-corrected chi connectivity index (χ0v) is 15.1. The van der Waals surface area contributed by atoms with Gasteiger partial charge < -0.3 is 34.1 Å². The molecule has 3 aliphatic rings. The number of carbonyl (C=O) groups excluding carboxylic acids is 1. The topological polar surface area (TPSA) is 95.5 Å². The quantitative estimate of drug-likeness (QED) is 0.771. The van der Waals surface area contributed by atoms with Crippen molar-refractivity contribution in [1.29, 1.82) is 0 Å². The number of nitrogens with one attached hydrogen (secondary N) is 1. The molecule has 0 saturated carbocycles. The average Bonchev–Trinajstić information content (AvgIpc) is 3.02. The molecule has 0 radical (unpaired) electrons. The van der Waals surface area contributed by atoms with Gasteiger partial charge in [-0.15, -0.1) is 0 Å². The number of fused-ring (bicyclic) bond motifs is 3. The molecule has 2 N–H and O–H groups in total. The standard InChI is InChI=1S/C18H23NO7/c1-17(2)23-11-12(24-17)14-16(26-18(3,4)25-14)22-13(11)15(21)19-9-7-5-6-8-10(9)20/h5-8,11-14,16,20H,1-4H3,(H,19,21)/t11-,12-,13+,14+,16-/m0/s1. The lowest BCUT2D eigenvalue weighted by Crippen LogP contribution is -2.58. The molecule has 3 fully saturated rings. The van der Waals surface area contributed by atoms with Crippen LogP contribution in [0.25, 0.3) is 0 Å². The van der Waals surface area contributed by atoms with E-state index < -0.39 is 48.2 Å². The number of benzene rings is 1. The number of hydrogen-bond donors (Lipinski definition) is 2. The Morgan fingerprint density at radius 1 is 0.962 bits per heavy atom. The molecule has 5 atom stereocenters. The highest BCUT2D eigenvalue weighted by Gasteiger charge is 2.62. The average molecular weight is 365 g/mol. The van der Waals surface area contributed by atoms with Gasteiger partial charge >= 0.3 is 0 Å². The monoisotopic (exact) mass is 365 g/mol. The van der Waals surface area contributed by atoms with Gasteiger partial charge in [0.2, 0.25) is 0 Å². The number of carbonyl (C=O) groups is 1. The number of anilines is 1. The lowest BCUT2D eigenvalue weighted by molar-refractivity contribution is -0.229. The number of ether oxygens (including phenoxy) is 5. The second kappa shape index (κ2) is 5.90. The van der Waals surface area contributed by atoms with Crippen LogP contribution in [0.15, 0.2) is 24.3 Å². The summed E-state index contributed by atoms with van der Waals surface area (Å²) < 4.78 is 29.5. The van der Waals surface area contributed by atoms with E-state index >= 15 is 0 Å². The van der Waals surface area contributed by atoms with E-state index in [9.17, 15) is 9.90 Å². The first-order valence-corrected chi connectivity index (χ1v) is 8.61. The molecule has 1 aromatic rings. The molecular formula is C18H23NO7. The van der Waals surface area contributed by atoms with Crippen LogP contribution in [0.4, 0.5) is 5.69 Å². The molecule has 1 aromatic carbocycles. The summed E-state index contributed by atoms with van der Waals surface area (Å²) >= 11 is 0. The Labute approximate surface area is 151 Å². The van der Waals surface area contributed by atoms with Gasteiger partial charge in [-0.3, -0.25) is 4.79 Å². The van der Waals surface area contributed by atoms with Gasteiger partial charge in [0.05, 0.1) is 5.69 Å². The van der Waals surface area contributed by atoms with Crippen molar-refractivity contribution in [1.82, 2.24) is 0 Å². The summed E-state index contributed by atoms with van der Waals surface area (Å²) in [7, 11) is 0. The molecule has 8 heteroatoms. The van der Waals surface area contributed by atoms with Gasteiger partial charge in [-0.1, -0.05) is 12.1 Å². The first kappa shape index (κ1) is 17.7. The molecule has 26 heavy (non-hydrogen) atoms. The highest BCUT2D eigenvalue weighted by atomic mass is 16.9. The largest absolute Gasteiger partial charge is 0.506 e. The van der Waals surface area contributed by atoms with Crippen molar-refractivity contribution in [2.24, 2.45) is 0 Å². The van der Waals surface area contributed by atoms with Crippen LogP contribution in [0.3, 0.4) is 0 Å². The van der Waals surface area contributed by atoms with Crippen LogP contribution >= 0.6 is 0 Å². The summed E-state index contributed by atoms with van der Waals surface area (Å²) in [5, 5.41) is 12.6. The van der Waals surface area contributed by atoms with Gasteiger partial charge in [-0.05, 0) is 39.8 Å². The van der Waals surface area contributed by atoms with Gasteiger partial charge in [0.1, 0.15) is 24.1 Å². The van der Waals surface area contributed by atoms with E-state index in [0.717, 1.165) is 0 Å². The summed E-state index contributed by atoms with van der Waals surface area (Å²) in [6, 6.07) is 6.48. The Kier molecular flexibility index (Phi) is 4.01. The molecule has 3 heterocycles. The molecule has 0 unspecified atom stereocenters. The summed E-state index contributed by atoms with van der Waals surface area (Å²) in [5.74, 6) is -2.21. The van der Waals surface area contributed by atoms with Gasteiger partial charge in [0, 0.05) is 0 Å². The Morgan fingerprint density at radius 3 is 2.31 bits per heavy atom. The number of phenolic OH excluding ortho intramolecular Hbond substituents is 1. The first-order valence-electron chi connectivity index (χ1n) is 8.61. The summed E-state index contributed by atoms with van der Waals surface area (Å²) in [6.45, 7) is 7.11. The van der Waals surface area contributed by atoms with E-state index in [1.165, 1.54) is 6.07 Å². The molecule has 4 rings (SSSR count). The fraction of sp³-hybridized carbons (Fsp3) is 0.611. The fourth-order valence-corrected chi connectivity index (χ4v) is 3.61. The van der Waals surface area contributed by atoms with Crippen molar-refractivity contribution in [3.63, 3.8) is 0 Å². The van der Waals surface area contributed by atoms with E-state index in [4.69, 9.17) is 23.7 Å². The Morgan fingerprint density at radius 2 is 1.58 bits per heavy atom. The minimum atomic E-state index is -0.972. The van der Waals surface area contributed by atoms with E-state index in [1.807, 2.05) is 0 Å². The third-order valence-corrected chi connectivity index (χ3v) is 4.57. The molecule has 0 bridgehead atoms. The zero-order chi connectivity index (χ0) is 18.7. The van der Waals surface area contributed by atoms with Gasteiger partial charge in [-0.25, -0.2) is 0 Å². The maximum Gasteiger partial charge on any atom is 0.256 e. The first-order chi connectivity index (χ1) is 12.2. The summed E-state index contributed by atoms with van der Waals surface area (Å²) in [5.41, 5.74) is 0.293. The van der Waals surface area contributed by atoms with Crippen molar-refractivity contribution in [2.75, 3.05) is 5.32 Å². The van der Waals surface area contributed by atoms with Crippen LogP contribution in [0.5, 0.6) is 5.75 Å². The van der Waals surface area contributed by atoms with Crippen molar-refractivity contribution < 1.29 is 33.6 Å². The number of aromatic hydroxyl groups is 1. The molecule has 142 valence electrons. The number of phenols is 1. The minimum Gasteiger partial charge on any atom is -0.506 e. The molecule has 3 aliphatic heterocycles. The SMILES string of the molecule is CC1(C)O[C@@H]2O[C@@H](C(=O)Nc3ccccc3O)[C@H]3OC(C)(C)O[C@@H]3[C@H]2O1. The molecule has 0 spiro atoms. The van der Waals surface area contributed by atoms with Crippen molar-refractivity contribution in [2.45, 2.75) is 70.0 Å². The van der Waals surface area contributed by atoms with Gasteiger partial charge in [0.25, 0.3) is 5.91 Å². The van der Waals surface area contributed by atoms with E-state index in [2.05, 4.69) is 5.32 Å². The Bertz CT molecular complexity index is 719. The van der Waals surface area contributed by atoms with Gasteiger partial charge in [0.15, 0.2) is 24.0 Å². The summed E-state index contributed by atoms with van der Waals surface area (Å²) in [6.07, 6.45) is -3.38. The normalized spacial score (nSPS) is 37.0. The van der Waals surface area contributed by atoms with E-state index in [0.29, 0.717) is 5.69 Å². The number of para-hydroxylation sites is 2. The van der Waals surface area contributed by atoms with Crippen LogP contribution in [-0.2, 0) is 28.5 Å². The smallest absolute Gasteiger partial charge is 0.256 e. The maximum atomic E-state index is 12.8. The lowest BCUT2D eigenvalue weighted by Gasteiger charge is -2.36. The number of amides is 1. The van der Waals surface area contributed by atoms with Crippen LogP contribution in [-0.4, -0.2) is 53.3 Å². The third kappa shape index (κ3) is 3.08. The lowest BCUT2D eigenvalue weighted by atomic mass is 9.98. The highest BCUT2D eigenvalue weighted by Crippen LogP contribution is 2.44. The van der Waals surface area contributed by atoms with E-state index in [-0.39, 0.29) is 5.75 Å². The Balaban J connectivity index is 1.59. The Hall–Kier alpha value is -1.71. The predicted octanol–water partition coefficient (Wildman–Crippen LogP) is 1.73. The third-order valence-electron chi connectivity index (χ3n) is 4.57. The minimum absolute atomic E-state index is 0.0309. The fourth-order valence-electron chi connectivity index (χ4n) is 3.61. The van der Waals surface area contributed by atoms with Crippen molar-refractivity contribution in [3.05, 3.63) is 24.3 Å². The highest BCUT2D eigenvalue weighted by molar-refractivity contribution is 5.96.